The van der Waals surface area contributed by atoms with Gasteiger partial charge in [-0.1, -0.05) is 0 Å². The summed E-state index contributed by atoms with van der Waals surface area (Å²) in [6.07, 6.45) is 3.23. The summed E-state index contributed by atoms with van der Waals surface area (Å²) in [5.74, 6) is -0.299. The van der Waals surface area contributed by atoms with Gasteiger partial charge in [0.05, 0.1) is 18.2 Å². The average Bonchev–Trinajstić information content (AvgIpc) is 3.23. The number of fused-ring (bicyclic) bond motifs is 2. The van der Waals surface area contributed by atoms with E-state index in [1.54, 1.807) is 17.8 Å². The van der Waals surface area contributed by atoms with E-state index in [2.05, 4.69) is 10.3 Å². The Morgan fingerprint density at radius 2 is 2.00 bits per heavy atom. The molecular formula is C19H16N2O4S. The molecule has 0 aliphatic heterocycles. The van der Waals surface area contributed by atoms with E-state index in [0.717, 1.165) is 27.5 Å². The number of nitrogens with zero attached hydrogens (tertiary/aromatic N) is 1. The second-order valence-corrected chi connectivity index (χ2v) is 7.12. The quantitative estimate of drug-likeness (QED) is 0.550. The number of furan rings is 1. The van der Waals surface area contributed by atoms with E-state index in [1.165, 1.54) is 11.3 Å². The maximum absolute atomic E-state index is 12.5. The van der Waals surface area contributed by atoms with Gasteiger partial charge < -0.3 is 14.2 Å². The minimum absolute atomic E-state index is 0.0643. The van der Waals surface area contributed by atoms with Gasteiger partial charge in [-0.3, -0.25) is 4.79 Å². The highest BCUT2D eigenvalue weighted by Crippen LogP contribution is 2.32. The molecule has 1 aromatic carbocycles. The Morgan fingerprint density at radius 1 is 1.19 bits per heavy atom. The van der Waals surface area contributed by atoms with Crippen molar-refractivity contribution < 1.29 is 13.6 Å². The van der Waals surface area contributed by atoms with Crippen molar-refractivity contribution in [2.24, 2.45) is 0 Å². The van der Waals surface area contributed by atoms with Crippen LogP contribution in [-0.4, -0.2) is 10.9 Å². The first kappa shape index (κ1) is 16.5. The topological polar surface area (TPSA) is 85.3 Å². The zero-order valence-corrected chi connectivity index (χ0v) is 15.3. The van der Waals surface area contributed by atoms with Crippen LogP contribution in [0.25, 0.3) is 21.9 Å². The van der Waals surface area contributed by atoms with Crippen LogP contribution in [0.2, 0.25) is 0 Å². The number of rotatable bonds is 3. The van der Waals surface area contributed by atoms with Crippen LogP contribution in [-0.2, 0) is 11.2 Å². The van der Waals surface area contributed by atoms with E-state index >= 15 is 0 Å². The van der Waals surface area contributed by atoms with Gasteiger partial charge in [-0.15, -0.1) is 11.3 Å². The van der Waals surface area contributed by atoms with Gasteiger partial charge in [0.25, 0.3) is 0 Å². The lowest BCUT2D eigenvalue weighted by molar-refractivity contribution is -0.115. The fourth-order valence-electron chi connectivity index (χ4n) is 3.13. The molecule has 0 radical (unpaired) electrons. The molecule has 0 fully saturated rings. The Hall–Kier alpha value is -2.93. The Kier molecular flexibility index (Phi) is 3.88. The molecule has 4 aromatic rings. The Balaban J connectivity index is 1.82. The van der Waals surface area contributed by atoms with Gasteiger partial charge in [-0.2, -0.15) is 0 Å². The lowest BCUT2D eigenvalue weighted by Crippen LogP contribution is -2.20. The standard InChI is InChI=1S/C19H16N2O4S/c1-9-8-24-16-11(3)17-13(6-12(9)16)10(2)14(18(23)25-17)7-15(22)21-19-20-4-5-26-19/h4-6,8H,7H2,1-3H3,(H,20,21,22). The van der Waals surface area contributed by atoms with Crippen molar-refractivity contribution in [3.63, 3.8) is 0 Å². The molecule has 132 valence electrons. The normalized spacial score (nSPS) is 11.3. The molecule has 0 bridgehead atoms. The number of carbonyl (C=O) groups is 1. The number of thiazole rings is 1. The maximum Gasteiger partial charge on any atom is 0.340 e. The summed E-state index contributed by atoms with van der Waals surface area (Å²) in [6.45, 7) is 5.67. The van der Waals surface area contributed by atoms with Gasteiger partial charge in [0.2, 0.25) is 5.91 Å². The highest BCUT2D eigenvalue weighted by Gasteiger charge is 2.19. The van der Waals surface area contributed by atoms with Crippen molar-refractivity contribution in [2.75, 3.05) is 5.32 Å². The third-order valence-electron chi connectivity index (χ3n) is 4.55. The molecule has 26 heavy (non-hydrogen) atoms. The summed E-state index contributed by atoms with van der Waals surface area (Å²) in [4.78, 5) is 28.8. The van der Waals surface area contributed by atoms with Gasteiger partial charge in [0, 0.05) is 27.9 Å². The first-order valence-corrected chi connectivity index (χ1v) is 8.96. The SMILES string of the molecule is Cc1coc2c(C)c3oc(=O)c(CC(=O)Nc4nccs4)c(C)c3cc12. The van der Waals surface area contributed by atoms with Crippen LogP contribution in [0.15, 0.2) is 37.5 Å². The summed E-state index contributed by atoms with van der Waals surface area (Å²) in [7, 11) is 0. The van der Waals surface area contributed by atoms with E-state index < -0.39 is 5.63 Å². The molecule has 0 aliphatic carbocycles. The Bertz CT molecular complexity index is 1200. The minimum Gasteiger partial charge on any atom is -0.464 e. The number of benzene rings is 1. The first-order valence-electron chi connectivity index (χ1n) is 8.08. The molecule has 0 saturated heterocycles. The van der Waals surface area contributed by atoms with Crippen molar-refractivity contribution in [1.82, 2.24) is 4.98 Å². The molecule has 3 heterocycles. The van der Waals surface area contributed by atoms with Gasteiger partial charge >= 0.3 is 5.63 Å². The van der Waals surface area contributed by atoms with Crippen LogP contribution in [0.3, 0.4) is 0 Å². The lowest BCUT2D eigenvalue weighted by atomic mass is 9.99. The minimum atomic E-state index is -0.505. The largest absolute Gasteiger partial charge is 0.464 e. The fraction of sp³-hybridized carbons (Fsp3) is 0.211. The Labute approximate surface area is 152 Å². The van der Waals surface area contributed by atoms with Crippen molar-refractivity contribution >= 4 is 44.3 Å². The summed E-state index contributed by atoms with van der Waals surface area (Å²) < 4.78 is 11.1. The van der Waals surface area contributed by atoms with Crippen LogP contribution < -0.4 is 10.9 Å². The van der Waals surface area contributed by atoms with Gasteiger partial charge in [0.1, 0.15) is 11.2 Å². The molecule has 0 spiro atoms. The number of hydrogen-bond donors (Lipinski definition) is 1. The van der Waals surface area contributed by atoms with Gasteiger partial charge in [-0.05, 0) is 38.0 Å². The second kappa shape index (κ2) is 6.10. The molecule has 0 atom stereocenters. The maximum atomic E-state index is 12.5. The van der Waals surface area contributed by atoms with Gasteiger partial charge in [0.15, 0.2) is 5.13 Å². The van der Waals surface area contributed by atoms with Crippen molar-refractivity contribution in [1.29, 1.82) is 0 Å². The van der Waals surface area contributed by atoms with E-state index in [0.29, 0.717) is 21.9 Å². The molecule has 1 N–H and O–H groups in total. The highest BCUT2D eigenvalue weighted by molar-refractivity contribution is 7.13. The summed E-state index contributed by atoms with van der Waals surface area (Å²) in [6, 6.07) is 1.96. The molecule has 3 aromatic heterocycles. The monoisotopic (exact) mass is 368 g/mol. The molecule has 7 heteroatoms. The molecule has 0 saturated carbocycles. The molecule has 6 nitrogen and oxygen atoms in total. The molecule has 1 amide bonds. The number of carbonyl (C=O) groups excluding carboxylic acids is 1. The molecule has 0 aliphatic rings. The summed E-state index contributed by atoms with van der Waals surface area (Å²) in [5.41, 5.74) is 3.60. The van der Waals surface area contributed by atoms with E-state index in [1.807, 2.05) is 26.8 Å². The summed E-state index contributed by atoms with van der Waals surface area (Å²) in [5, 5.41) is 6.76. The van der Waals surface area contributed by atoms with Crippen LogP contribution in [0.5, 0.6) is 0 Å². The summed E-state index contributed by atoms with van der Waals surface area (Å²) >= 11 is 1.32. The van der Waals surface area contributed by atoms with E-state index in [4.69, 9.17) is 8.83 Å². The fourth-order valence-corrected chi connectivity index (χ4v) is 3.68. The number of aryl methyl sites for hydroxylation is 3. The third-order valence-corrected chi connectivity index (χ3v) is 5.24. The van der Waals surface area contributed by atoms with Crippen molar-refractivity contribution in [3.8, 4) is 0 Å². The molecular weight excluding hydrogens is 352 g/mol. The molecule has 0 unspecified atom stereocenters. The molecule has 4 rings (SSSR count). The third kappa shape index (κ3) is 2.61. The highest BCUT2D eigenvalue weighted by atomic mass is 32.1. The zero-order valence-electron chi connectivity index (χ0n) is 14.5. The smallest absolute Gasteiger partial charge is 0.340 e. The van der Waals surface area contributed by atoms with Crippen LogP contribution in [0, 0.1) is 20.8 Å². The van der Waals surface area contributed by atoms with E-state index in [9.17, 15) is 9.59 Å². The number of hydrogen-bond acceptors (Lipinski definition) is 6. The number of aromatic nitrogens is 1. The van der Waals surface area contributed by atoms with Crippen molar-refractivity contribution in [3.05, 3.63) is 56.6 Å². The predicted octanol–water partition coefficient (Wildman–Crippen LogP) is 4.10. The van der Waals surface area contributed by atoms with Gasteiger partial charge in [-0.25, -0.2) is 9.78 Å². The van der Waals surface area contributed by atoms with Crippen LogP contribution >= 0.6 is 11.3 Å². The van der Waals surface area contributed by atoms with Crippen LogP contribution in [0.4, 0.5) is 5.13 Å². The second-order valence-electron chi connectivity index (χ2n) is 6.23. The number of amides is 1. The van der Waals surface area contributed by atoms with E-state index in [-0.39, 0.29) is 12.3 Å². The number of anilines is 1. The van der Waals surface area contributed by atoms with Crippen molar-refractivity contribution in [2.45, 2.75) is 27.2 Å². The average molecular weight is 368 g/mol. The zero-order chi connectivity index (χ0) is 18.4. The lowest BCUT2D eigenvalue weighted by Gasteiger charge is -2.10. The predicted molar refractivity (Wildman–Crippen MR) is 101 cm³/mol. The van der Waals surface area contributed by atoms with Crippen LogP contribution in [0.1, 0.15) is 22.3 Å². The first-order chi connectivity index (χ1) is 12.5. The Morgan fingerprint density at radius 3 is 2.73 bits per heavy atom. The number of nitrogens with one attached hydrogen (secondary N) is 1.